The lowest BCUT2D eigenvalue weighted by Gasteiger charge is -2.11. The van der Waals surface area contributed by atoms with E-state index in [-0.39, 0.29) is 5.84 Å². The van der Waals surface area contributed by atoms with Crippen molar-refractivity contribution in [2.45, 2.75) is 32.6 Å². The number of unbranched alkanes of at least 4 members (excludes halogenated alkanes) is 3. The summed E-state index contributed by atoms with van der Waals surface area (Å²) in [6.07, 6.45) is 4.58. The molecule has 0 bridgehead atoms. The zero-order valence-corrected chi connectivity index (χ0v) is 12.1. The van der Waals surface area contributed by atoms with Crippen LogP contribution in [0.1, 0.15) is 38.2 Å². The molecule has 0 aromatic heterocycles. The molecule has 0 amide bonds. The highest BCUT2D eigenvalue weighted by Crippen LogP contribution is 2.26. The fourth-order valence-electron chi connectivity index (χ4n) is 1.63. The quantitative estimate of drug-likeness (QED) is 0.266. The first-order chi connectivity index (χ1) is 8.70. The van der Waals surface area contributed by atoms with E-state index in [2.05, 4.69) is 28.0 Å². The predicted octanol–water partition coefficient (Wildman–Crippen LogP) is 3.50. The van der Waals surface area contributed by atoms with Gasteiger partial charge in [0, 0.05) is 4.47 Å². The van der Waals surface area contributed by atoms with Crippen molar-refractivity contribution in [1.29, 1.82) is 0 Å². The second-order valence-corrected chi connectivity index (χ2v) is 4.86. The first-order valence-corrected chi connectivity index (χ1v) is 6.89. The third kappa shape index (κ3) is 4.22. The number of nitrogens with two attached hydrogens (primary N) is 1. The number of halogens is 1. The Hall–Kier alpha value is -1.23. The van der Waals surface area contributed by atoms with E-state index < -0.39 is 0 Å². The standard InChI is InChI=1S/C13H19BrN2O2/c1-2-3-4-5-9-18-11-8-6-7-10(14)12(11)13(15)16-17/h6-8,17H,2-5,9H2,1H3,(H2,15,16). The minimum atomic E-state index is 0.0473. The molecule has 0 heterocycles. The molecule has 0 saturated heterocycles. The maximum absolute atomic E-state index is 8.77. The summed E-state index contributed by atoms with van der Waals surface area (Å²) >= 11 is 3.37. The molecule has 0 saturated carbocycles. The van der Waals surface area contributed by atoms with Gasteiger partial charge in [-0.2, -0.15) is 0 Å². The molecule has 18 heavy (non-hydrogen) atoms. The van der Waals surface area contributed by atoms with Gasteiger partial charge in [-0.3, -0.25) is 0 Å². The number of amidine groups is 1. The molecule has 1 aromatic rings. The van der Waals surface area contributed by atoms with E-state index in [4.69, 9.17) is 15.7 Å². The van der Waals surface area contributed by atoms with E-state index in [0.717, 1.165) is 17.3 Å². The van der Waals surface area contributed by atoms with Gasteiger partial charge in [0.2, 0.25) is 0 Å². The average Bonchev–Trinajstić information content (AvgIpc) is 2.38. The Balaban J connectivity index is 2.67. The van der Waals surface area contributed by atoms with Crippen molar-refractivity contribution < 1.29 is 9.94 Å². The molecular formula is C13H19BrN2O2. The maximum Gasteiger partial charge on any atom is 0.174 e. The summed E-state index contributed by atoms with van der Waals surface area (Å²) in [6.45, 7) is 2.81. The molecule has 4 nitrogen and oxygen atoms in total. The zero-order chi connectivity index (χ0) is 13.4. The van der Waals surface area contributed by atoms with Crippen LogP contribution in [-0.2, 0) is 0 Å². The van der Waals surface area contributed by atoms with E-state index in [1.807, 2.05) is 18.2 Å². The molecule has 0 spiro atoms. The molecule has 0 atom stereocenters. The number of rotatable bonds is 7. The van der Waals surface area contributed by atoms with Gasteiger partial charge in [-0.05, 0) is 34.5 Å². The average molecular weight is 315 g/mol. The zero-order valence-electron chi connectivity index (χ0n) is 10.5. The minimum absolute atomic E-state index is 0.0473. The second kappa shape index (κ2) is 7.97. The molecular weight excluding hydrogens is 296 g/mol. The highest BCUT2D eigenvalue weighted by Gasteiger charge is 2.12. The maximum atomic E-state index is 8.77. The van der Waals surface area contributed by atoms with E-state index in [1.165, 1.54) is 12.8 Å². The van der Waals surface area contributed by atoms with Crippen molar-refractivity contribution in [2.24, 2.45) is 10.9 Å². The van der Waals surface area contributed by atoms with Gasteiger partial charge < -0.3 is 15.7 Å². The number of hydrogen-bond donors (Lipinski definition) is 2. The summed E-state index contributed by atoms with van der Waals surface area (Å²) in [5.74, 6) is 0.683. The Morgan fingerprint density at radius 1 is 1.39 bits per heavy atom. The van der Waals surface area contributed by atoms with Crippen LogP contribution in [0.5, 0.6) is 5.75 Å². The van der Waals surface area contributed by atoms with Crippen LogP contribution < -0.4 is 10.5 Å². The van der Waals surface area contributed by atoms with Gasteiger partial charge in [0.05, 0.1) is 12.2 Å². The molecule has 100 valence electrons. The predicted molar refractivity (Wildman–Crippen MR) is 76.3 cm³/mol. The SMILES string of the molecule is CCCCCCOc1cccc(Br)c1/C(N)=N/O. The van der Waals surface area contributed by atoms with E-state index in [1.54, 1.807) is 0 Å². The van der Waals surface area contributed by atoms with Gasteiger partial charge in [-0.25, -0.2) is 0 Å². The van der Waals surface area contributed by atoms with Crippen LogP contribution in [0.25, 0.3) is 0 Å². The van der Waals surface area contributed by atoms with E-state index in [9.17, 15) is 0 Å². The van der Waals surface area contributed by atoms with Gasteiger partial charge in [0.25, 0.3) is 0 Å². The van der Waals surface area contributed by atoms with Crippen molar-refractivity contribution in [3.63, 3.8) is 0 Å². The number of oxime groups is 1. The fraction of sp³-hybridized carbons (Fsp3) is 0.462. The molecule has 0 aliphatic heterocycles. The summed E-state index contributed by atoms with van der Waals surface area (Å²) in [7, 11) is 0. The first kappa shape index (κ1) is 14.8. The number of nitrogens with zero attached hydrogens (tertiary/aromatic N) is 1. The third-order valence-electron chi connectivity index (χ3n) is 2.59. The van der Waals surface area contributed by atoms with Crippen LogP contribution >= 0.6 is 15.9 Å². The monoisotopic (exact) mass is 314 g/mol. The summed E-state index contributed by atoms with van der Waals surface area (Å²) in [6, 6.07) is 5.51. The minimum Gasteiger partial charge on any atom is -0.493 e. The number of hydrogen-bond acceptors (Lipinski definition) is 3. The van der Waals surface area contributed by atoms with Crippen LogP contribution in [0.4, 0.5) is 0 Å². The lowest BCUT2D eigenvalue weighted by molar-refractivity contribution is 0.302. The second-order valence-electron chi connectivity index (χ2n) is 4.01. The van der Waals surface area contributed by atoms with Gasteiger partial charge in [-0.15, -0.1) is 0 Å². The fourth-order valence-corrected chi connectivity index (χ4v) is 2.19. The van der Waals surface area contributed by atoms with Gasteiger partial charge in [-0.1, -0.05) is 37.4 Å². The number of ether oxygens (including phenoxy) is 1. The van der Waals surface area contributed by atoms with Gasteiger partial charge >= 0.3 is 0 Å². The third-order valence-corrected chi connectivity index (χ3v) is 3.26. The molecule has 1 rings (SSSR count). The highest BCUT2D eigenvalue weighted by molar-refractivity contribution is 9.10. The molecule has 0 fully saturated rings. The Morgan fingerprint density at radius 2 is 2.17 bits per heavy atom. The first-order valence-electron chi connectivity index (χ1n) is 6.10. The Labute approximate surface area is 116 Å². The normalized spacial score (nSPS) is 11.6. The molecule has 5 heteroatoms. The molecule has 0 unspecified atom stereocenters. The van der Waals surface area contributed by atoms with E-state index >= 15 is 0 Å². The lowest BCUT2D eigenvalue weighted by Crippen LogP contribution is -2.16. The topological polar surface area (TPSA) is 67.8 Å². The largest absolute Gasteiger partial charge is 0.493 e. The van der Waals surface area contributed by atoms with Crippen LogP contribution in [0.2, 0.25) is 0 Å². The highest BCUT2D eigenvalue weighted by atomic mass is 79.9. The van der Waals surface area contributed by atoms with Crippen molar-refractivity contribution in [1.82, 2.24) is 0 Å². The molecule has 1 aromatic carbocycles. The van der Waals surface area contributed by atoms with E-state index in [0.29, 0.717) is 17.9 Å². The molecule has 0 aliphatic carbocycles. The molecule has 0 aliphatic rings. The molecule has 3 N–H and O–H groups in total. The van der Waals surface area contributed by atoms with Crippen molar-refractivity contribution in [3.8, 4) is 5.75 Å². The summed E-state index contributed by atoms with van der Waals surface area (Å²) in [5.41, 5.74) is 6.23. The summed E-state index contributed by atoms with van der Waals surface area (Å²) < 4.78 is 6.44. The number of benzene rings is 1. The molecule has 0 radical (unpaired) electrons. The van der Waals surface area contributed by atoms with Gasteiger partial charge in [0.15, 0.2) is 5.84 Å². The summed E-state index contributed by atoms with van der Waals surface area (Å²) in [5, 5.41) is 11.8. The summed E-state index contributed by atoms with van der Waals surface area (Å²) in [4.78, 5) is 0. The van der Waals surface area contributed by atoms with Crippen molar-refractivity contribution >= 4 is 21.8 Å². The van der Waals surface area contributed by atoms with Crippen molar-refractivity contribution in [3.05, 3.63) is 28.2 Å². The lowest BCUT2D eigenvalue weighted by atomic mass is 10.2. The van der Waals surface area contributed by atoms with Crippen LogP contribution in [0.15, 0.2) is 27.8 Å². The smallest absolute Gasteiger partial charge is 0.174 e. The Kier molecular flexibility index (Phi) is 6.57. The van der Waals surface area contributed by atoms with Gasteiger partial charge in [0.1, 0.15) is 5.75 Å². The Bertz CT molecular complexity index is 408. The van der Waals surface area contributed by atoms with Crippen LogP contribution in [-0.4, -0.2) is 17.6 Å². The van der Waals surface area contributed by atoms with Crippen LogP contribution in [0, 0.1) is 0 Å². The van der Waals surface area contributed by atoms with Crippen molar-refractivity contribution in [2.75, 3.05) is 6.61 Å². The van der Waals surface area contributed by atoms with Crippen LogP contribution in [0.3, 0.4) is 0 Å². The Morgan fingerprint density at radius 3 is 2.83 bits per heavy atom.